The third kappa shape index (κ3) is 5.41. The van der Waals surface area contributed by atoms with Crippen LogP contribution >= 0.6 is 0 Å². The Bertz CT molecular complexity index is 1420. The van der Waals surface area contributed by atoms with E-state index in [1.54, 1.807) is 12.1 Å². The van der Waals surface area contributed by atoms with E-state index in [1.165, 1.54) is 24.1 Å². The van der Waals surface area contributed by atoms with Crippen molar-refractivity contribution in [3.8, 4) is 0 Å². The number of nitrogens with one attached hydrogen (secondary N) is 1. The maximum atomic E-state index is 13.7. The normalized spacial score (nSPS) is 14.6. The molecule has 3 aromatic carbocycles. The average Bonchev–Trinajstić information content (AvgIpc) is 3.10. The zero-order valence-electron chi connectivity index (χ0n) is 20.8. The lowest BCUT2D eigenvalue weighted by Crippen LogP contribution is -2.50. The molecule has 0 aromatic heterocycles. The van der Waals surface area contributed by atoms with Gasteiger partial charge in [0.25, 0.3) is 15.9 Å². The van der Waals surface area contributed by atoms with E-state index in [-0.39, 0.29) is 42.3 Å². The first-order valence-electron chi connectivity index (χ1n) is 12.0. The molecule has 192 valence electrons. The molecule has 3 amide bonds. The molecule has 0 spiro atoms. The fraction of sp³-hybridized carbons (Fsp3) is 0.250. The minimum absolute atomic E-state index is 0.0588. The Hall–Kier alpha value is -3.98. The molecule has 1 aliphatic heterocycles. The van der Waals surface area contributed by atoms with Crippen molar-refractivity contribution in [2.75, 3.05) is 13.6 Å². The van der Waals surface area contributed by atoms with Gasteiger partial charge in [0.05, 0.1) is 5.56 Å². The molecule has 0 saturated heterocycles. The molecule has 9 heteroatoms. The van der Waals surface area contributed by atoms with Crippen molar-refractivity contribution in [3.05, 3.63) is 101 Å². The number of fused-ring (bicyclic) bond motifs is 1. The van der Waals surface area contributed by atoms with E-state index >= 15 is 0 Å². The van der Waals surface area contributed by atoms with E-state index in [1.807, 2.05) is 61.5 Å². The lowest BCUT2D eigenvalue weighted by molar-refractivity contribution is -0.141. The number of sulfonamides is 1. The molecule has 1 heterocycles. The van der Waals surface area contributed by atoms with Crippen LogP contribution in [0, 0.1) is 6.92 Å². The van der Waals surface area contributed by atoms with E-state index in [0.717, 1.165) is 21.0 Å². The first-order valence-corrected chi connectivity index (χ1v) is 13.4. The van der Waals surface area contributed by atoms with Crippen LogP contribution < -0.4 is 5.32 Å². The summed E-state index contributed by atoms with van der Waals surface area (Å²) in [6.07, 6.45) is 0.0254. The smallest absolute Gasteiger partial charge is 0.269 e. The summed E-state index contributed by atoms with van der Waals surface area (Å²) in [6.45, 7) is 1.78. The summed E-state index contributed by atoms with van der Waals surface area (Å²) in [5, 5.41) is 2.66. The van der Waals surface area contributed by atoms with Crippen LogP contribution in [0.3, 0.4) is 0 Å². The van der Waals surface area contributed by atoms with Gasteiger partial charge in [0, 0.05) is 33.0 Å². The monoisotopic (exact) mass is 519 g/mol. The van der Waals surface area contributed by atoms with Crippen molar-refractivity contribution in [2.24, 2.45) is 0 Å². The van der Waals surface area contributed by atoms with Crippen LogP contribution in [0.1, 0.15) is 33.5 Å². The average molecular weight is 520 g/mol. The van der Waals surface area contributed by atoms with Crippen molar-refractivity contribution >= 4 is 27.7 Å². The van der Waals surface area contributed by atoms with Crippen LogP contribution in [0.15, 0.2) is 83.8 Å². The molecular formula is C28H29N3O5S. The molecule has 1 aliphatic rings. The molecule has 4 rings (SSSR count). The van der Waals surface area contributed by atoms with Gasteiger partial charge < -0.3 is 10.2 Å². The van der Waals surface area contributed by atoms with Crippen LogP contribution in [0.25, 0.3) is 0 Å². The number of rotatable bonds is 9. The molecule has 0 aliphatic carbocycles. The van der Waals surface area contributed by atoms with Gasteiger partial charge in [-0.25, -0.2) is 12.7 Å². The second kappa shape index (κ2) is 11.0. The summed E-state index contributed by atoms with van der Waals surface area (Å²) < 4.78 is 26.7. The lowest BCUT2D eigenvalue weighted by Gasteiger charge is -2.32. The first-order chi connectivity index (χ1) is 17.7. The molecule has 0 fully saturated rings. The second-order valence-electron chi connectivity index (χ2n) is 8.90. The van der Waals surface area contributed by atoms with Crippen LogP contribution in [0.5, 0.6) is 0 Å². The zero-order chi connectivity index (χ0) is 26.6. The predicted octanol–water partition coefficient (Wildman–Crippen LogP) is 2.92. The van der Waals surface area contributed by atoms with Gasteiger partial charge in [-0.3, -0.25) is 14.4 Å². The fourth-order valence-electron chi connectivity index (χ4n) is 4.48. The number of benzene rings is 3. The van der Waals surface area contributed by atoms with Gasteiger partial charge in [-0.2, -0.15) is 0 Å². The number of carbonyl (C=O) groups is 3. The largest absolute Gasteiger partial charge is 0.357 e. The second-order valence-corrected chi connectivity index (χ2v) is 10.7. The van der Waals surface area contributed by atoms with Gasteiger partial charge in [0.15, 0.2) is 0 Å². The van der Waals surface area contributed by atoms with Gasteiger partial charge in [-0.15, -0.1) is 0 Å². The highest BCUT2D eigenvalue weighted by Gasteiger charge is 2.41. The summed E-state index contributed by atoms with van der Waals surface area (Å²) in [4.78, 5) is 40.9. The Kier molecular flexibility index (Phi) is 7.73. The van der Waals surface area contributed by atoms with Gasteiger partial charge in [0.1, 0.15) is 10.9 Å². The number of nitrogens with zero attached hydrogens (tertiary/aromatic N) is 2. The van der Waals surface area contributed by atoms with Gasteiger partial charge in [0.2, 0.25) is 11.8 Å². The highest BCUT2D eigenvalue weighted by Crippen LogP contribution is 2.30. The number of likely N-dealkylation sites (N-methyl/N-ethyl adjacent to an activating group) is 1. The third-order valence-corrected chi connectivity index (χ3v) is 8.40. The van der Waals surface area contributed by atoms with Gasteiger partial charge >= 0.3 is 0 Å². The molecule has 1 N–H and O–H groups in total. The number of hydrogen-bond donors (Lipinski definition) is 1. The summed E-state index contributed by atoms with van der Waals surface area (Å²) in [5.41, 5.74) is 2.81. The van der Waals surface area contributed by atoms with Crippen LogP contribution in [-0.4, -0.2) is 55.0 Å². The predicted molar refractivity (Wildman–Crippen MR) is 139 cm³/mol. The van der Waals surface area contributed by atoms with Gasteiger partial charge in [-0.1, -0.05) is 66.7 Å². The molecule has 0 radical (unpaired) electrons. The van der Waals surface area contributed by atoms with E-state index in [9.17, 15) is 22.8 Å². The van der Waals surface area contributed by atoms with Crippen LogP contribution in [0.4, 0.5) is 0 Å². The molecule has 1 atom stereocenters. The highest BCUT2D eigenvalue weighted by atomic mass is 32.2. The molecule has 3 aromatic rings. The molecule has 8 nitrogen and oxygen atoms in total. The van der Waals surface area contributed by atoms with Crippen LogP contribution in [0.2, 0.25) is 0 Å². The van der Waals surface area contributed by atoms with E-state index < -0.39 is 27.9 Å². The highest BCUT2D eigenvalue weighted by molar-refractivity contribution is 7.90. The standard InChI is InChI=1S/C28H29N3O5S/c1-20-10-6-7-13-22(20)19-30(24(27(33)29-2)18-21-11-4-3-5-12-21)26(32)16-17-31-28(34)23-14-8-9-15-25(23)37(31,35)36/h3-15,24H,16-19H2,1-2H3,(H,29,33). The molecule has 0 saturated carbocycles. The number of hydrogen-bond acceptors (Lipinski definition) is 5. The lowest BCUT2D eigenvalue weighted by atomic mass is 10.0. The minimum Gasteiger partial charge on any atom is -0.357 e. The molecule has 1 unspecified atom stereocenters. The number of aryl methyl sites for hydroxylation is 1. The molecular weight excluding hydrogens is 490 g/mol. The zero-order valence-corrected chi connectivity index (χ0v) is 21.6. The maximum Gasteiger partial charge on any atom is 0.269 e. The summed E-state index contributed by atoms with van der Waals surface area (Å²) >= 11 is 0. The van der Waals surface area contributed by atoms with E-state index in [2.05, 4.69) is 5.32 Å². The first kappa shape index (κ1) is 26.1. The summed E-state index contributed by atoms with van der Waals surface area (Å²) in [5.74, 6) is -1.41. The van der Waals surface area contributed by atoms with E-state index in [4.69, 9.17) is 0 Å². The Morgan fingerprint density at radius 1 is 0.946 bits per heavy atom. The Morgan fingerprint density at radius 3 is 2.27 bits per heavy atom. The van der Waals surface area contributed by atoms with Crippen molar-refractivity contribution in [1.82, 2.24) is 14.5 Å². The summed E-state index contributed by atoms with van der Waals surface area (Å²) in [7, 11) is -2.52. The molecule has 0 bridgehead atoms. The SMILES string of the molecule is CNC(=O)C(Cc1ccccc1)N(Cc1ccccc1C)C(=O)CCN1C(=O)c2ccccc2S1(=O)=O. The minimum atomic E-state index is -4.04. The van der Waals surface area contributed by atoms with Crippen molar-refractivity contribution in [2.45, 2.75) is 37.2 Å². The quantitative estimate of drug-likeness (QED) is 0.468. The topological polar surface area (TPSA) is 104 Å². The van der Waals surface area contributed by atoms with Crippen molar-refractivity contribution in [1.29, 1.82) is 0 Å². The Labute approximate surface area is 217 Å². The third-order valence-electron chi connectivity index (χ3n) is 6.56. The van der Waals surface area contributed by atoms with E-state index in [0.29, 0.717) is 0 Å². The molecule has 37 heavy (non-hydrogen) atoms. The maximum absolute atomic E-state index is 13.7. The Balaban J connectivity index is 1.62. The van der Waals surface area contributed by atoms with Gasteiger partial charge in [-0.05, 0) is 35.7 Å². The van der Waals surface area contributed by atoms with Crippen molar-refractivity contribution < 1.29 is 22.8 Å². The Morgan fingerprint density at radius 2 is 1.59 bits per heavy atom. The van der Waals surface area contributed by atoms with Crippen molar-refractivity contribution in [3.63, 3.8) is 0 Å². The van der Waals surface area contributed by atoms with Crippen LogP contribution in [-0.2, 0) is 32.6 Å². The number of carbonyl (C=O) groups excluding carboxylic acids is 3. The number of amides is 3. The summed E-state index contributed by atoms with van der Waals surface area (Å²) in [6, 6.07) is 22.1. The fourth-order valence-corrected chi connectivity index (χ4v) is 6.05.